The first-order chi connectivity index (χ1) is 11.7. The monoisotopic (exact) mass is 318 g/mol. The highest BCUT2D eigenvalue weighted by molar-refractivity contribution is 5.92. The van der Waals surface area contributed by atoms with E-state index in [0.29, 0.717) is 5.82 Å². The number of nitrogens with zero attached hydrogens (tertiary/aromatic N) is 1. The van der Waals surface area contributed by atoms with Crippen LogP contribution in [-0.2, 0) is 17.6 Å². The Morgan fingerprint density at radius 3 is 2.58 bits per heavy atom. The van der Waals surface area contributed by atoms with Crippen LogP contribution in [0.2, 0.25) is 0 Å². The van der Waals surface area contributed by atoms with Gasteiger partial charge in [-0.05, 0) is 73.4 Å². The first-order valence-corrected chi connectivity index (χ1v) is 8.75. The van der Waals surface area contributed by atoms with Crippen LogP contribution in [0.25, 0.3) is 11.1 Å². The summed E-state index contributed by atoms with van der Waals surface area (Å²) >= 11 is 0. The zero-order valence-corrected chi connectivity index (χ0v) is 14.0. The lowest BCUT2D eigenvalue weighted by Gasteiger charge is -2.12. The number of carbonyl (C=O) groups is 1. The van der Waals surface area contributed by atoms with Crippen molar-refractivity contribution in [3.05, 3.63) is 59.3 Å². The van der Waals surface area contributed by atoms with Gasteiger partial charge >= 0.3 is 0 Å². The molecule has 1 aromatic heterocycles. The minimum atomic E-state index is 0.0606. The summed E-state index contributed by atoms with van der Waals surface area (Å²) in [7, 11) is 0. The molecule has 2 aliphatic carbocycles. The highest BCUT2D eigenvalue weighted by Gasteiger charge is 2.19. The number of aromatic nitrogens is 1. The van der Waals surface area contributed by atoms with E-state index < -0.39 is 0 Å². The summed E-state index contributed by atoms with van der Waals surface area (Å²) in [5, 5.41) is 2.93. The van der Waals surface area contributed by atoms with E-state index in [1.54, 1.807) is 0 Å². The molecule has 122 valence electrons. The molecule has 0 atom stereocenters. The number of amides is 1. The predicted octanol–water partition coefficient (Wildman–Crippen LogP) is 4.45. The molecular formula is C21H22N2O. The van der Waals surface area contributed by atoms with Gasteiger partial charge in [0.15, 0.2) is 0 Å². The fourth-order valence-corrected chi connectivity index (χ4v) is 3.75. The second-order valence-electron chi connectivity index (χ2n) is 6.85. The van der Waals surface area contributed by atoms with Crippen LogP contribution < -0.4 is 5.32 Å². The number of benzene rings is 1. The molecule has 4 rings (SSSR count). The Labute approximate surface area is 142 Å². The molecule has 0 bridgehead atoms. The second-order valence-corrected chi connectivity index (χ2v) is 6.85. The summed E-state index contributed by atoms with van der Waals surface area (Å²) in [5.41, 5.74) is 6.63. The first-order valence-electron chi connectivity index (χ1n) is 8.75. The maximum Gasteiger partial charge on any atom is 0.229 e. The highest BCUT2D eigenvalue weighted by Crippen LogP contribution is 2.31. The topological polar surface area (TPSA) is 42.0 Å². The van der Waals surface area contributed by atoms with Crippen LogP contribution in [0.1, 0.15) is 36.0 Å². The van der Waals surface area contributed by atoms with Crippen molar-refractivity contribution in [1.29, 1.82) is 0 Å². The van der Waals surface area contributed by atoms with Gasteiger partial charge in [-0.3, -0.25) is 4.79 Å². The molecule has 0 saturated carbocycles. The van der Waals surface area contributed by atoms with E-state index in [0.717, 1.165) is 18.4 Å². The summed E-state index contributed by atoms with van der Waals surface area (Å²) in [6, 6.07) is 8.60. The number of nitrogens with one attached hydrogen (secondary N) is 1. The third-order valence-electron chi connectivity index (χ3n) is 5.14. The fraction of sp³-hybridized carbons (Fsp3) is 0.333. The number of allylic oxidation sites excluding steroid dienone is 2. The molecule has 3 heteroatoms. The average Bonchev–Trinajstić information content (AvgIpc) is 3.26. The molecule has 0 aliphatic heterocycles. The van der Waals surface area contributed by atoms with Gasteiger partial charge in [0, 0.05) is 17.7 Å². The quantitative estimate of drug-likeness (QED) is 0.850. The summed E-state index contributed by atoms with van der Waals surface area (Å²) in [5.74, 6) is 0.758. The molecule has 2 aliphatic rings. The van der Waals surface area contributed by atoms with Gasteiger partial charge in [0.1, 0.15) is 5.82 Å². The van der Waals surface area contributed by atoms with Crippen LogP contribution in [-0.4, -0.2) is 10.9 Å². The van der Waals surface area contributed by atoms with Gasteiger partial charge in [0.05, 0.1) is 0 Å². The van der Waals surface area contributed by atoms with Gasteiger partial charge in [0.2, 0.25) is 5.91 Å². The SMILES string of the molecule is Cc1cc2c(cc1-c1ccc(NC(=O)C3CC=CC3)nc1)CCC2. The van der Waals surface area contributed by atoms with Gasteiger partial charge in [-0.25, -0.2) is 4.98 Å². The lowest BCUT2D eigenvalue weighted by molar-refractivity contribution is -0.119. The average molecular weight is 318 g/mol. The smallest absolute Gasteiger partial charge is 0.229 e. The van der Waals surface area contributed by atoms with Crippen molar-refractivity contribution >= 4 is 11.7 Å². The van der Waals surface area contributed by atoms with Gasteiger partial charge in [-0.1, -0.05) is 24.3 Å². The Morgan fingerprint density at radius 1 is 1.12 bits per heavy atom. The molecule has 24 heavy (non-hydrogen) atoms. The Bertz CT molecular complexity index is 797. The highest BCUT2D eigenvalue weighted by atomic mass is 16.1. The van der Waals surface area contributed by atoms with Crippen LogP contribution in [0.5, 0.6) is 0 Å². The van der Waals surface area contributed by atoms with Gasteiger partial charge in [-0.2, -0.15) is 0 Å². The van der Waals surface area contributed by atoms with E-state index in [9.17, 15) is 4.79 Å². The maximum atomic E-state index is 12.2. The van der Waals surface area contributed by atoms with Crippen molar-refractivity contribution in [3.63, 3.8) is 0 Å². The lowest BCUT2D eigenvalue weighted by Crippen LogP contribution is -2.21. The van der Waals surface area contributed by atoms with Crippen LogP contribution >= 0.6 is 0 Å². The molecule has 0 radical (unpaired) electrons. The number of aryl methyl sites for hydroxylation is 3. The van der Waals surface area contributed by atoms with Crippen molar-refractivity contribution in [2.45, 2.75) is 39.0 Å². The summed E-state index contributed by atoms with van der Waals surface area (Å²) in [6.45, 7) is 2.16. The first kappa shape index (κ1) is 15.1. The second kappa shape index (κ2) is 6.23. The molecule has 0 saturated heterocycles. The Balaban J connectivity index is 1.53. The molecule has 0 fully saturated rings. The van der Waals surface area contributed by atoms with Crippen LogP contribution in [0.15, 0.2) is 42.6 Å². The number of fused-ring (bicyclic) bond motifs is 1. The third kappa shape index (κ3) is 2.86. The molecule has 1 heterocycles. The molecule has 1 amide bonds. The van der Waals surface area contributed by atoms with Crippen molar-refractivity contribution in [2.75, 3.05) is 5.32 Å². The van der Waals surface area contributed by atoms with Crippen molar-refractivity contribution < 1.29 is 4.79 Å². The van der Waals surface area contributed by atoms with Gasteiger partial charge in [-0.15, -0.1) is 0 Å². The fourth-order valence-electron chi connectivity index (χ4n) is 3.75. The zero-order valence-electron chi connectivity index (χ0n) is 14.0. The van der Waals surface area contributed by atoms with E-state index in [-0.39, 0.29) is 11.8 Å². The van der Waals surface area contributed by atoms with E-state index >= 15 is 0 Å². The molecular weight excluding hydrogens is 296 g/mol. The third-order valence-corrected chi connectivity index (χ3v) is 5.14. The van der Waals surface area contributed by atoms with Crippen LogP contribution in [0.4, 0.5) is 5.82 Å². The standard InChI is InChI=1S/C21H22N2O/c1-14-11-16-7-4-8-17(16)12-19(14)18-9-10-20(22-13-18)23-21(24)15-5-2-3-6-15/h2-3,9-13,15H,4-8H2,1H3,(H,22,23,24). The molecule has 0 spiro atoms. The lowest BCUT2D eigenvalue weighted by atomic mass is 9.96. The van der Waals surface area contributed by atoms with Crippen molar-refractivity contribution in [3.8, 4) is 11.1 Å². The van der Waals surface area contributed by atoms with Crippen LogP contribution in [0.3, 0.4) is 0 Å². The van der Waals surface area contributed by atoms with Crippen LogP contribution in [0, 0.1) is 12.8 Å². The molecule has 3 nitrogen and oxygen atoms in total. The van der Waals surface area contributed by atoms with E-state index in [1.165, 1.54) is 41.5 Å². The molecule has 2 aromatic rings. The summed E-state index contributed by atoms with van der Waals surface area (Å²) in [4.78, 5) is 16.6. The Hall–Kier alpha value is -2.42. The van der Waals surface area contributed by atoms with E-state index in [1.807, 2.05) is 12.3 Å². The largest absolute Gasteiger partial charge is 0.310 e. The number of anilines is 1. The molecule has 1 aromatic carbocycles. The number of pyridine rings is 1. The van der Waals surface area contributed by atoms with Crippen molar-refractivity contribution in [1.82, 2.24) is 4.98 Å². The minimum Gasteiger partial charge on any atom is -0.310 e. The van der Waals surface area contributed by atoms with E-state index in [4.69, 9.17) is 0 Å². The van der Waals surface area contributed by atoms with Crippen molar-refractivity contribution in [2.24, 2.45) is 5.92 Å². The number of carbonyl (C=O) groups excluding carboxylic acids is 1. The van der Waals surface area contributed by atoms with Gasteiger partial charge < -0.3 is 5.32 Å². The number of rotatable bonds is 3. The zero-order chi connectivity index (χ0) is 16.5. The predicted molar refractivity (Wildman–Crippen MR) is 96.9 cm³/mol. The molecule has 1 N–H and O–H groups in total. The Morgan fingerprint density at radius 2 is 1.88 bits per heavy atom. The minimum absolute atomic E-state index is 0.0606. The maximum absolute atomic E-state index is 12.2. The van der Waals surface area contributed by atoms with E-state index in [2.05, 4.69) is 47.6 Å². The molecule has 0 unspecified atom stereocenters. The normalized spacial score (nSPS) is 16.4. The number of hydrogen-bond acceptors (Lipinski definition) is 2. The Kier molecular flexibility index (Phi) is 3.93. The number of hydrogen-bond donors (Lipinski definition) is 1. The van der Waals surface area contributed by atoms with Gasteiger partial charge in [0.25, 0.3) is 0 Å². The summed E-state index contributed by atoms with van der Waals surface area (Å²) < 4.78 is 0. The summed E-state index contributed by atoms with van der Waals surface area (Å²) in [6.07, 6.45) is 11.3.